The molecule has 1 fully saturated rings. The molecule has 78 valence electrons. The number of benzene rings is 1. The third-order valence-corrected chi connectivity index (χ3v) is 4.87. The van der Waals surface area contributed by atoms with Crippen molar-refractivity contribution in [3.63, 3.8) is 0 Å². The van der Waals surface area contributed by atoms with Gasteiger partial charge in [-0.3, -0.25) is 10.1 Å². The van der Waals surface area contributed by atoms with Crippen molar-refractivity contribution in [2.24, 2.45) is 0 Å². The number of hydrogen-bond acceptors (Lipinski definition) is 3. The Morgan fingerprint density at radius 3 is 2.73 bits per heavy atom. The molecule has 0 saturated carbocycles. The Morgan fingerprint density at radius 1 is 1.27 bits per heavy atom. The number of hydrogen-bond donors (Lipinski definition) is 0. The number of thioether (sulfide) groups is 1. The van der Waals surface area contributed by atoms with E-state index in [2.05, 4.69) is 0 Å². The monoisotopic (exact) mass is 221 g/mol. The second-order valence-electron chi connectivity index (χ2n) is 4.11. The van der Waals surface area contributed by atoms with E-state index in [1.54, 1.807) is 12.1 Å². The standard InChI is InChI=1S/C11H11NO2S/c13-12(14)7-4-5-8-9(6-7)11-3-1-2-10(8)15-11/h4-6,10-11H,1-3H2. The van der Waals surface area contributed by atoms with E-state index in [1.165, 1.54) is 30.4 Å². The molecule has 0 N–H and O–H groups in total. The molecule has 2 aliphatic rings. The second kappa shape index (κ2) is 3.23. The lowest BCUT2D eigenvalue weighted by Crippen LogP contribution is -1.94. The van der Waals surface area contributed by atoms with Crippen molar-refractivity contribution in [3.8, 4) is 0 Å². The molecule has 1 aromatic carbocycles. The van der Waals surface area contributed by atoms with Gasteiger partial charge in [-0.25, -0.2) is 0 Å². The molecule has 0 aliphatic carbocycles. The number of non-ortho nitro benzene ring substituents is 1. The minimum atomic E-state index is -0.298. The summed E-state index contributed by atoms with van der Waals surface area (Å²) in [5.41, 5.74) is 2.80. The normalized spacial score (nSPS) is 27.5. The van der Waals surface area contributed by atoms with Gasteiger partial charge in [-0.15, -0.1) is 11.8 Å². The van der Waals surface area contributed by atoms with Gasteiger partial charge < -0.3 is 0 Å². The van der Waals surface area contributed by atoms with Crippen LogP contribution in [0.3, 0.4) is 0 Å². The molecule has 0 spiro atoms. The molecule has 3 nitrogen and oxygen atoms in total. The Hall–Kier alpha value is -1.03. The molecular weight excluding hydrogens is 210 g/mol. The van der Waals surface area contributed by atoms with Gasteiger partial charge in [0.1, 0.15) is 0 Å². The zero-order chi connectivity index (χ0) is 10.4. The summed E-state index contributed by atoms with van der Waals surface area (Å²) < 4.78 is 0. The fourth-order valence-corrected chi connectivity index (χ4v) is 4.24. The molecule has 0 amide bonds. The summed E-state index contributed by atoms with van der Waals surface area (Å²) >= 11 is 1.98. The summed E-state index contributed by atoms with van der Waals surface area (Å²) in [4.78, 5) is 10.4. The maximum Gasteiger partial charge on any atom is 0.269 e. The van der Waals surface area contributed by atoms with Gasteiger partial charge >= 0.3 is 0 Å². The van der Waals surface area contributed by atoms with Crippen molar-refractivity contribution in [2.45, 2.75) is 29.8 Å². The van der Waals surface area contributed by atoms with E-state index >= 15 is 0 Å². The van der Waals surface area contributed by atoms with Gasteiger partial charge in [-0.1, -0.05) is 12.5 Å². The Morgan fingerprint density at radius 2 is 2.00 bits per heavy atom. The fraction of sp³-hybridized carbons (Fsp3) is 0.455. The molecule has 0 aromatic heterocycles. The van der Waals surface area contributed by atoms with Gasteiger partial charge in [0.05, 0.1) is 4.92 Å². The Kier molecular flexibility index (Phi) is 1.99. The Bertz CT molecular complexity index is 433. The van der Waals surface area contributed by atoms with Crippen LogP contribution in [0.1, 0.15) is 40.9 Å². The van der Waals surface area contributed by atoms with Crippen molar-refractivity contribution < 1.29 is 4.92 Å². The molecule has 1 saturated heterocycles. The zero-order valence-corrected chi connectivity index (χ0v) is 9.00. The predicted molar refractivity (Wildman–Crippen MR) is 60.0 cm³/mol. The van der Waals surface area contributed by atoms with Crippen molar-refractivity contribution in [1.82, 2.24) is 0 Å². The van der Waals surface area contributed by atoms with Gasteiger partial charge in [0.25, 0.3) is 5.69 Å². The Labute approximate surface area is 92.0 Å². The smallest absolute Gasteiger partial charge is 0.258 e. The van der Waals surface area contributed by atoms with Crippen LogP contribution in [-0.2, 0) is 0 Å². The summed E-state index contributed by atoms with van der Waals surface area (Å²) in [6.45, 7) is 0. The van der Waals surface area contributed by atoms with Crippen molar-refractivity contribution >= 4 is 17.4 Å². The minimum absolute atomic E-state index is 0.238. The van der Waals surface area contributed by atoms with Gasteiger partial charge in [-0.2, -0.15) is 0 Å². The molecule has 3 rings (SSSR count). The number of nitro groups is 1. The van der Waals surface area contributed by atoms with Gasteiger partial charge in [0, 0.05) is 22.6 Å². The van der Waals surface area contributed by atoms with Crippen LogP contribution in [0.4, 0.5) is 5.69 Å². The van der Waals surface area contributed by atoms with E-state index in [1.807, 2.05) is 17.8 Å². The number of nitrogens with zero attached hydrogens (tertiary/aromatic N) is 1. The third kappa shape index (κ3) is 1.35. The summed E-state index contributed by atoms with van der Waals surface area (Å²) in [7, 11) is 0. The van der Waals surface area contributed by atoms with Crippen molar-refractivity contribution in [2.75, 3.05) is 0 Å². The molecular formula is C11H11NO2S. The van der Waals surface area contributed by atoms with E-state index in [4.69, 9.17) is 0 Å². The lowest BCUT2D eigenvalue weighted by atomic mass is 10.0. The minimum Gasteiger partial charge on any atom is -0.258 e. The van der Waals surface area contributed by atoms with Crippen LogP contribution >= 0.6 is 11.8 Å². The molecule has 0 radical (unpaired) electrons. The van der Waals surface area contributed by atoms with E-state index in [-0.39, 0.29) is 10.6 Å². The number of fused-ring (bicyclic) bond motifs is 5. The molecule has 2 aliphatic heterocycles. The van der Waals surface area contributed by atoms with Crippen LogP contribution in [0.25, 0.3) is 0 Å². The van der Waals surface area contributed by atoms with Crippen LogP contribution in [0.15, 0.2) is 18.2 Å². The number of rotatable bonds is 1. The molecule has 1 aromatic rings. The first-order chi connectivity index (χ1) is 7.25. The topological polar surface area (TPSA) is 43.1 Å². The van der Waals surface area contributed by atoms with Gasteiger partial charge in [-0.05, 0) is 24.0 Å². The van der Waals surface area contributed by atoms with E-state index in [9.17, 15) is 10.1 Å². The van der Waals surface area contributed by atoms with E-state index in [0.29, 0.717) is 10.5 Å². The molecule has 15 heavy (non-hydrogen) atoms. The molecule has 2 bridgehead atoms. The van der Waals surface area contributed by atoms with E-state index in [0.717, 1.165) is 0 Å². The van der Waals surface area contributed by atoms with Crippen LogP contribution in [0.5, 0.6) is 0 Å². The maximum atomic E-state index is 10.7. The van der Waals surface area contributed by atoms with Crippen LogP contribution in [0.2, 0.25) is 0 Å². The second-order valence-corrected chi connectivity index (χ2v) is 5.52. The third-order valence-electron chi connectivity index (χ3n) is 3.24. The lowest BCUT2D eigenvalue weighted by molar-refractivity contribution is -0.384. The average molecular weight is 221 g/mol. The quantitative estimate of drug-likeness (QED) is 0.537. The highest BCUT2D eigenvalue weighted by molar-refractivity contribution is 8.00. The van der Waals surface area contributed by atoms with Crippen LogP contribution in [0, 0.1) is 10.1 Å². The predicted octanol–water partition coefficient (Wildman–Crippen LogP) is 3.61. The van der Waals surface area contributed by atoms with Gasteiger partial charge in [0.2, 0.25) is 0 Å². The summed E-state index contributed by atoms with van der Waals surface area (Å²) in [5.74, 6) is 0. The largest absolute Gasteiger partial charge is 0.269 e. The molecule has 2 atom stereocenters. The first-order valence-electron chi connectivity index (χ1n) is 5.19. The summed E-state index contributed by atoms with van der Waals surface area (Å²) in [5, 5.41) is 11.8. The molecule has 2 unspecified atom stereocenters. The molecule has 4 heteroatoms. The van der Waals surface area contributed by atoms with Crippen LogP contribution < -0.4 is 0 Å². The first kappa shape index (κ1) is 9.21. The average Bonchev–Trinajstić information content (AvgIpc) is 2.51. The van der Waals surface area contributed by atoms with Crippen LogP contribution in [-0.4, -0.2) is 4.92 Å². The zero-order valence-electron chi connectivity index (χ0n) is 8.18. The highest BCUT2D eigenvalue weighted by Crippen LogP contribution is 2.58. The maximum absolute atomic E-state index is 10.7. The summed E-state index contributed by atoms with van der Waals surface area (Å²) in [6, 6.07) is 5.37. The summed E-state index contributed by atoms with van der Waals surface area (Å²) in [6.07, 6.45) is 3.66. The number of nitro benzene ring substituents is 1. The Balaban J connectivity index is 2.10. The first-order valence-corrected chi connectivity index (χ1v) is 6.13. The van der Waals surface area contributed by atoms with Crippen molar-refractivity contribution in [1.29, 1.82) is 0 Å². The highest BCUT2D eigenvalue weighted by atomic mass is 32.2. The van der Waals surface area contributed by atoms with E-state index < -0.39 is 0 Å². The fourth-order valence-electron chi connectivity index (χ4n) is 2.53. The highest BCUT2D eigenvalue weighted by Gasteiger charge is 2.35. The SMILES string of the molecule is O=[N+]([O-])c1ccc2c(c1)C1CCCC2S1. The lowest BCUT2D eigenvalue weighted by Gasteiger charge is -2.17. The van der Waals surface area contributed by atoms with Crippen molar-refractivity contribution in [3.05, 3.63) is 39.4 Å². The molecule has 2 heterocycles. The van der Waals surface area contributed by atoms with Gasteiger partial charge in [0.15, 0.2) is 0 Å².